The number of carbonyl (C=O) groups is 3. The standard InChI is InChI=1S/C21H22F3N3O5.ClH/c22-14-11-16(24)15(23)9-12(14)8-13(25)10-19(28)26-4-1-5-27(7-6-26)20(29)17-2-3-18(32-17)21(30)31;/h2-3,9,11,13H,1,4-8,10,25H2,(H,30,31);1H/t13-;/m1./s1. The Kier molecular flexibility index (Phi) is 8.89. The van der Waals surface area contributed by atoms with Crippen molar-refractivity contribution >= 4 is 30.2 Å². The summed E-state index contributed by atoms with van der Waals surface area (Å²) in [6.45, 7) is 1.15. The summed E-state index contributed by atoms with van der Waals surface area (Å²) < 4.78 is 45.2. The maximum absolute atomic E-state index is 13.8. The molecule has 2 heterocycles. The number of nitrogens with two attached hydrogens (primary N) is 1. The van der Waals surface area contributed by atoms with E-state index >= 15 is 0 Å². The maximum atomic E-state index is 13.8. The molecule has 8 nitrogen and oxygen atoms in total. The lowest BCUT2D eigenvalue weighted by Crippen LogP contribution is -2.40. The zero-order chi connectivity index (χ0) is 23.4. The minimum absolute atomic E-state index is 0. The third-order valence-corrected chi connectivity index (χ3v) is 5.17. The number of hydrogen-bond acceptors (Lipinski definition) is 5. The molecule has 1 atom stereocenters. The number of aromatic carboxylic acids is 1. The summed E-state index contributed by atoms with van der Waals surface area (Å²) in [5, 5.41) is 8.91. The Morgan fingerprint density at radius 3 is 2.24 bits per heavy atom. The Morgan fingerprint density at radius 2 is 1.58 bits per heavy atom. The van der Waals surface area contributed by atoms with Crippen LogP contribution >= 0.6 is 12.4 Å². The molecule has 0 unspecified atom stereocenters. The molecular formula is C21H23ClF3N3O5. The summed E-state index contributed by atoms with van der Waals surface area (Å²) in [6.07, 6.45) is 0.210. The van der Waals surface area contributed by atoms with Gasteiger partial charge in [-0.2, -0.15) is 0 Å². The molecule has 2 amide bonds. The van der Waals surface area contributed by atoms with E-state index in [1.54, 1.807) is 0 Å². The Bertz CT molecular complexity index is 1030. The van der Waals surface area contributed by atoms with Gasteiger partial charge in [0.2, 0.25) is 11.7 Å². The van der Waals surface area contributed by atoms with Crippen LogP contribution in [0.2, 0.25) is 0 Å². The molecular weight excluding hydrogens is 467 g/mol. The van der Waals surface area contributed by atoms with Gasteiger partial charge in [-0.25, -0.2) is 18.0 Å². The number of rotatable bonds is 6. The second-order valence-corrected chi connectivity index (χ2v) is 7.52. The predicted molar refractivity (Wildman–Crippen MR) is 113 cm³/mol. The molecule has 12 heteroatoms. The number of carboxylic acids is 1. The van der Waals surface area contributed by atoms with Crippen molar-refractivity contribution in [2.24, 2.45) is 5.73 Å². The fraction of sp³-hybridized carbons (Fsp3) is 0.381. The highest BCUT2D eigenvalue weighted by molar-refractivity contribution is 5.93. The maximum Gasteiger partial charge on any atom is 0.371 e. The fourth-order valence-electron chi connectivity index (χ4n) is 3.52. The van der Waals surface area contributed by atoms with E-state index < -0.39 is 35.4 Å². The van der Waals surface area contributed by atoms with Crippen LogP contribution in [0.3, 0.4) is 0 Å². The first kappa shape index (κ1) is 26.2. The van der Waals surface area contributed by atoms with E-state index in [4.69, 9.17) is 15.3 Å². The quantitative estimate of drug-likeness (QED) is 0.602. The third kappa shape index (κ3) is 6.48. The number of carboxylic acid groups (broad SMARTS) is 1. The lowest BCUT2D eigenvalue weighted by molar-refractivity contribution is -0.131. The van der Waals surface area contributed by atoms with Gasteiger partial charge in [0.15, 0.2) is 17.4 Å². The first-order chi connectivity index (χ1) is 15.2. The van der Waals surface area contributed by atoms with Crippen LogP contribution in [0.25, 0.3) is 0 Å². The Labute approximate surface area is 193 Å². The number of nitrogens with zero attached hydrogens (tertiary/aromatic N) is 2. The van der Waals surface area contributed by atoms with Crippen molar-refractivity contribution < 1.29 is 37.1 Å². The van der Waals surface area contributed by atoms with Gasteiger partial charge < -0.3 is 25.1 Å². The molecule has 1 aliphatic rings. The van der Waals surface area contributed by atoms with Gasteiger partial charge >= 0.3 is 5.97 Å². The van der Waals surface area contributed by atoms with Crippen LogP contribution in [0.5, 0.6) is 0 Å². The van der Waals surface area contributed by atoms with Crippen molar-refractivity contribution in [1.82, 2.24) is 9.80 Å². The Morgan fingerprint density at radius 1 is 0.970 bits per heavy atom. The van der Waals surface area contributed by atoms with Crippen LogP contribution in [0.4, 0.5) is 13.2 Å². The lowest BCUT2D eigenvalue weighted by Gasteiger charge is -2.23. The molecule has 1 aromatic carbocycles. The topological polar surface area (TPSA) is 117 Å². The summed E-state index contributed by atoms with van der Waals surface area (Å²) in [7, 11) is 0. The van der Waals surface area contributed by atoms with Gasteiger partial charge in [0.05, 0.1) is 0 Å². The van der Waals surface area contributed by atoms with Crippen molar-refractivity contribution in [3.8, 4) is 0 Å². The monoisotopic (exact) mass is 489 g/mol. The molecule has 0 radical (unpaired) electrons. The average molecular weight is 490 g/mol. The number of hydrogen-bond donors (Lipinski definition) is 2. The average Bonchev–Trinajstić information content (AvgIpc) is 3.10. The van der Waals surface area contributed by atoms with Crippen molar-refractivity contribution in [1.29, 1.82) is 0 Å². The molecule has 0 spiro atoms. The summed E-state index contributed by atoms with van der Waals surface area (Å²) >= 11 is 0. The van der Waals surface area contributed by atoms with Crippen LogP contribution in [0, 0.1) is 17.5 Å². The molecule has 1 saturated heterocycles. The number of halogens is 4. The summed E-state index contributed by atoms with van der Waals surface area (Å²) in [5.74, 6) is -5.92. The molecule has 0 bridgehead atoms. The van der Waals surface area contributed by atoms with Crippen molar-refractivity contribution in [2.45, 2.75) is 25.3 Å². The van der Waals surface area contributed by atoms with E-state index in [0.717, 1.165) is 6.07 Å². The van der Waals surface area contributed by atoms with E-state index in [0.29, 0.717) is 25.6 Å². The van der Waals surface area contributed by atoms with Gasteiger partial charge in [-0.3, -0.25) is 9.59 Å². The highest BCUT2D eigenvalue weighted by Gasteiger charge is 2.26. The SMILES string of the molecule is Cl.N[C@@H](CC(=O)N1CCCN(C(=O)c2ccc(C(=O)O)o2)CC1)Cc1cc(F)c(F)cc1F. The van der Waals surface area contributed by atoms with Gasteiger partial charge in [-0.05, 0) is 36.6 Å². The molecule has 0 saturated carbocycles. The molecule has 3 rings (SSSR count). The largest absolute Gasteiger partial charge is 0.475 e. The van der Waals surface area contributed by atoms with Crippen LogP contribution in [-0.2, 0) is 11.2 Å². The number of carbonyl (C=O) groups excluding carboxylic acids is 2. The first-order valence-corrected chi connectivity index (χ1v) is 9.95. The van der Waals surface area contributed by atoms with E-state index in [2.05, 4.69) is 0 Å². The van der Waals surface area contributed by atoms with Crippen molar-refractivity contribution in [3.63, 3.8) is 0 Å². The highest BCUT2D eigenvalue weighted by Crippen LogP contribution is 2.17. The molecule has 1 fully saturated rings. The zero-order valence-corrected chi connectivity index (χ0v) is 18.2. The molecule has 1 aromatic heterocycles. The highest BCUT2D eigenvalue weighted by atomic mass is 35.5. The normalized spacial score (nSPS) is 14.9. The van der Waals surface area contributed by atoms with Crippen molar-refractivity contribution in [2.75, 3.05) is 26.2 Å². The Balaban J connectivity index is 0.00000385. The van der Waals surface area contributed by atoms with E-state index in [9.17, 15) is 27.6 Å². The predicted octanol–water partition coefficient (Wildman–Crippen LogP) is 2.45. The number of benzene rings is 1. The van der Waals surface area contributed by atoms with Crippen LogP contribution < -0.4 is 5.73 Å². The van der Waals surface area contributed by atoms with Crippen LogP contribution in [0.1, 0.15) is 39.5 Å². The zero-order valence-electron chi connectivity index (χ0n) is 17.4. The molecule has 3 N–H and O–H groups in total. The molecule has 0 aliphatic carbocycles. The van der Waals surface area contributed by atoms with Gasteiger partial charge in [-0.1, -0.05) is 0 Å². The second kappa shape index (κ2) is 11.2. The van der Waals surface area contributed by atoms with Crippen molar-refractivity contribution in [3.05, 3.63) is 58.8 Å². The van der Waals surface area contributed by atoms with Crippen LogP contribution in [0.15, 0.2) is 28.7 Å². The van der Waals surface area contributed by atoms with Gasteiger partial charge in [0.1, 0.15) is 5.82 Å². The van der Waals surface area contributed by atoms with E-state index in [1.165, 1.54) is 21.9 Å². The minimum atomic E-state index is -1.30. The number of furan rings is 1. The fourth-order valence-corrected chi connectivity index (χ4v) is 3.52. The summed E-state index contributed by atoms with van der Waals surface area (Å²) in [5.41, 5.74) is 5.82. The summed E-state index contributed by atoms with van der Waals surface area (Å²) in [6, 6.07) is 2.85. The van der Waals surface area contributed by atoms with Gasteiger partial charge in [-0.15, -0.1) is 12.4 Å². The number of amides is 2. The molecule has 33 heavy (non-hydrogen) atoms. The molecule has 2 aromatic rings. The Hall–Kier alpha value is -3.05. The van der Waals surface area contributed by atoms with E-state index in [1.807, 2.05) is 0 Å². The second-order valence-electron chi connectivity index (χ2n) is 7.52. The van der Waals surface area contributed by atoms with E-state index in [-0.39, 0.29) is 61.3 Å². The lowest BCUT2D eigenvalue weighted by atomic mass is 10.0. The van der Waals surface area contributed by atoms with Gasteiger partial charge in [0, 0.05) is 44.7 Å². The summed E-state index contributed by atoms with van der Waals surface area (Å²) in [4.78, 5) is 39.1. The minimum Gasteiger partial charge on any atom is -0.475 e. The first-order valence-electron chi connectivity index (χ1n) is 9.95. The molecule has 1 aliphatic heterocycles. The van der Waals surface area contributed by atoms with Gasteiger partial charge in [0.25, 0.3) is 5.91 Å². The molecule has 180 valence electrons. The van der Waals surface area contributed by atoms with Crippen LogP contribution in [-0.4, -0.2) is 64.9 Å². The third-order valence-electron chi connectivity index (χ3n) is 5.17. The smallest absolute Gasteiger partial charge is 0.371 e.